The fourth-order valence-electron chi connectivity index (χ4n) is 5.45. The summed E-state index contributed by atoms with van der Waals surface area (Å²) >= 11 is 6.43. The number of nitrogens with zero attached hydrogens (tertiary/aromatic N) is 3. The van der Waals surface area contributed by atoms with E-state index in [4.69, 9.17) is 16.3 Å². The molecule has 14 heteroatoms. The summed E-state index contributed by atoms with van der Waals surface area (Å²) in [5, 5.41) is 2.59. The third kappa shape index (κ3) is 8.08. The van der Waals surface area contributed by atoms with Gasteiger partial charge in [0.1, 0.15) is 24.8 Å². The Morgan fingerprint density at radius 3 is 2.44 bits per heavy atom. The topological polar surface area (TPSA) is 93.5 Å². The van der Waals surface area contributed by atoms with Crippen molar-refractivity contribution in [1.82, 2.24) is 19.8 Å². The number of carbonyl (C=O) groups excluding carboxylic acids is 3. The Hall–Kier alpha value is -0.960. The Morgan fingerprint density at radius 1 is 1.10 bits per heavy atom. The van der Waals surface area contributed by atoms with Crippen molar-refractivity contribution in [3.05, 3.63) is 48.5 Å². The second-order valence-corrected chi connectivity index (χ2v) is 10.2. The van der Waals surface area contributed by atoms with Crippen molar-refractivity contribution < 1.29 is 19.1 Å². The molecule has 0 bridgehead atoms. The van der Waals surface area contributed by atoms with Gasteiger partial charge in [-0.25, -0.2) is 4.98 Å². The molecule has 2 amide bonds. The molecule has 39 heavy (non-hydrogen) atoms. The molecule has 1 aromatic carbocycles. The van der Waals surface area contributed by atoms with Crippen molar-refractivity contribution in [2.45, 2.75) is 56.2 Å². The molecule has 1 N–H and O–H groups in total. The molecule has 2 saturated heterocycles. The van der Waals surface area contributed by atoms with E-state index in [2.05, 4.69) is 17.2 Å². The molecule has 1 saturated carbocycles. The van der Waals surface area contributed by atoms with Crippen LogP contribution in [-0.2, 0) is 14.3 Å². The third-order valence-electron chi connectivity index (χ3n) is 7.40. The highest BCUT2D eigenvalue weighted by Gasteiger charge is 2.53. The summed E-state index contributed by atoms with van der Waals surface area (Å²) in [7, 11) is 0. The first-order valence-electron chi connectivity index (χ1n) is 11.9. The molecule has 0 spiro atoms. The monoisotopic (exact) mass is 654 g/mol. The maximum atomic E-state index is 13.8. The molecular weight excluding hydrogens is 616 g/mol. The number of halogens is 1. The van der Waals surface area contributed by atoms with Gasteiger partial charge in [0.25, 0.3) is 5.91 Å². The van der Waals surface area contributed by atoms with E-state index in [1.165, 1.54) is 0 Å². The van der Waals surface area contributed by atoms with Gasteiger partial charge in [-0.3, -0.25) is 14.4 Å². The van der Waals surface area contributed by atoms with Crippen molar-refractivity contribution >= 4 is 96.7 Å². The summed E-state index contributed by atoms with van der Waals surface area (Å²) < 4.78 is 7.37. The van der Waals surface area contributed by atoms with E-state index in [9.17, 15) is 14.4 Å². The first kappa shape index (κ1) is 38.0. The number of nitrogens with one attached hydrogen (secondary N) is 1. The lowest BCUT2D eigenvalue weighted by Crippen LogP contribution is -2.55. The molecule has 0 unspecified atom stereocenters. The minimum absolute atomic E-state index is 0. The number of hydrogen-bond acceptors (Lipinski definition) is 5. The summed E-state index contributed by atoms with van der Waals surface area (Å²) in [5.41, 5.74) is 1.27. The quantitative estimate of drug-likeness (QED) is 0.500. The molecule has 0 radical (unpaired) electrons. The lowest BCUT2D eigenvalue weighted by atomic mass is 9.78. The highest BCUT2D eigenvalue weighted by Crippen LogP contribution is 2.35. The van der Waals surface area contributed by atoms with Crippen LogP contribution in [0.15, 0.2) is 43.0 Å². The number of likely N-dealkylation sites (tertiary alicyclic amines) is 1. The van der Waals surface area contributed by atoms with Gasteiger partial charge in [-0.05, 0) is 42.9 Å². The van der Waals surface area contributed by atoms with Gasteiger partial charge in [0, 0.05) is 30.2 Å². The number of ketones is 1. The molecule has 4 atom stereocenters. The Bertz CT molecular complexity index is 1090. The van der Waals surface area contributed by atoms with Crippen LogP contribution < -0.4 is 5.32 Å². The number of ether oxygens (including phenoxy) is 1. The highest BCUT2D eigenvalue weighted by atomic mass is 35.5. The van der Waals surface area contributed by atoms with Crippen molar-refractivity contribution in [2.75, 3.05) is 13.2 Å². The number of amides is 2. The molecule has 2 aromatic rings. The molecule has 1 aromatic heterocycles. The van der Waals surface area contributed by atoms with Gasteiger partial charge in [0.15, 0.2) is 5.78 Å². The maximum absolute atomic E-state index is 13.8. The Morgan fingerprint density at radius 2 is 1.79 bits per heavy atom. The van der Waals surface area contributed by atoms with Crippen LogP contribution in [0.2, 0.25) is 0 Å². The van der Waals surface area contributed by atoms with E-state index in [-0.39, 0.29) is 104 Å². The number of fused-ring (bicyclic) bond motifs is 1. The zero-order chi connectivity index (χ0) is 23.8. The second-order valence-electron chi connectivity index (χ2n) is 9.68. The number of hydrogen-bond donors (Lipinski definition) is 1. The third-order valence-corrected chi connectivity index (χ3v) is 7.79. The zero-order valence-electron chi connectivity index (χ0n) is 21.6. The van der Waals surface area contributed by atoms with Crippen LogP contribution in [0.4, 0.5) is 0 Å². The Labute approximate surface area is 269 Å². The van der Waals surface area contributed by atoms with Crippen molar-refractivity contribution in [2.24, 2.45) is 11.8 Å². The fourth-order valence-corrected chi connectivity index (χ4v) is 5.81. The van der Waals surface area contributed by atoms with E-state index in [0.29, 0.717) is 11.5 Å². The Kier molecular flexibility index (Phi) is 16.1. The minimum Gasteiger partial charge on any atom is -0.366 e. The van der Waals surface area contributed by atoms with Gasteiger partial charge >= 0.3 is 0 Å². The average molecular weight is 655 g/mol. The van der Waals surface area contributed by atoms with E-state index in [1.54, 1.807) is 41.8 Å². The molecular formula is C25H39ClN4O4S5. The first-order valence-corrected chi connectivity index (χ1v) is 12.3. The summed E-state index contributed by atoms with van der Waals surface area (Å²) in [6.45, 7) is 2.43. The highest BCUT2D eigenvalue weighted by molar-refractivity contribution is 7.60. The molecule has 3 aliphatic rings. The smallest absolute Gasteiger partial charge is 0.252 e. The molecule has 3 fully saturated rings. The SMILES string of the molecule is CC1CCC([C@H](NC(=O)c2cccc(-n3ccnc3)c2)C(=O)N2C[C@H](Cl)[C@H]3OCC(=O)[C@H]32)CC1.S.S.S.S.S. The van der Waals surface area contributed by atoms with Gasteiger partial charge in [-0.2, -0.15) is 67.5 Å². The van der Waals surface area contributed by atoms with Crippen molar-refractivity contribution in [3.8, 4) is 5.69 Å². The lowest BCUT2D eigenvalue weighted by molar-refractivity contribution is -0.139. The Balaban J connectivity index is 0.00000289. The van der Waals surface area contributed by atoms with Crippen LogP contribution in [0.5, 0.6) is 0 Å². The minimum atomic E-state index is -0.715. The van der Waals surface area contributed by atoms with E-state index < -0.39 is 23.6 Å². The normalized spacial score (nSPS) is 25.8. The van der Waals surface area contributed by atoms with Crippen LogP contribution in [0.1, 0.15) is 43.0 Å². The molecule has 2 aliphatic heterocycles. The lowest BCUT2D eigenvalue weighted by Gasteiger charge is -2.35. The van der Waals surface area contributed by atoms with Crippen LogP contribution in [0.25, 0.3) is 5.69 Å². The predicted octanol–water partition coefficient (Wildman–Crippen LogP) is 3.15. The number of benzene rings is 1. The van der Waals surface area contributed by atoms with Crippen molar-refractivity contribution in [3.63, 3.8) is 0 Å². The predicted molar refractivity (Wildman–Crippen MR) is 178 cm³/mol. The van der Waals surface area contributed by atoms with E-state index >= 15 is 0 Å². The first-order chi connectivity index (χ1) is 16.4. The van der Waals surface area contributed by atoms with Crippen LogP contribution in [0.3, 0.4) is 0 Å². The number of alkyl halides is 1. The fraction of sp³-hybridized carbons (Fsp3) is 0.520. The van der Waals surface area contributed by atoms with Crippen molar-refractivity contribution in [1.29, 1.82) is 0 Å². The van der Waals surface area contributed by atoms with Gasteiger partial charge in [-0.15, -0.1) is 11.6 Å². The van der Waals surface area contributed by atoms with E-state index in [1.807, 2.05) is 10.6 Å². The summed E-state index contributed by atoms with van der Waals surface area (Å²) in [5.74, 6) is -0.0730. The standard InChI is InChI=1S/C25H29ClN4O4.5H2S/c1-15-5-7-16(8-6-15)21(25(33)30-12-19(26)23-22(30)20(31)13-34-23)28-24(32)17-3-2-4-18(11-17)29-10-9-27-14-29;;;;;/h2-4,9-11,14-16,19,21-23H,5-8,12-13H2,1H3,(H,28,32);5*1H2/t15?,16?,19-,21-,22+,23+;;;;;/m0...../s1. The largest absolute Gasteiger partial charge is 0.366 e. The summed E-state index contributed by atoms with van der Waals surface area (Å²) in [4.78, 5) is 45.2. The molecule has 5 rings (SSSR count). The molecule has 1 aliphatic carbocycles. The van der Waals surface area contributed by atoms with Crippen LogP contribution >= 0.6 is 79.1 Å². The summed E-state index contributed by atoms with van der Waals surface area (Å²) in [6.07, 6.45) is 8.38. The van der Waals surface area contributed by atoms with Gasteiger partial charge in [0.2, 0.25) is 5.91 Å². The number of carbonyl (C=O) groups is 3. The number of imidazole rings is 1. The molecule has 220 valence electrons. The molecule has 8 nitrogen and oxygen atoms in total. The van der Waals surface area contributed by atoms with Gasteiger partial charge in [-0.1, -0.05) is 25.8 Å². The van der Waals surface area contributed by atoms with Crippen LogP contribution in [-0.4, -0.2) is 68.8 Å². The molecule has 3 heterocycles. The second kappa shape index (κ2) is 16.5. The average Bonchev–Trinajstić information content (AvgIpc) is 3.58. The van der Waals surface area contributed by atoms with Crippen LogP contribution in [0, 0.1) is 11.8 Å². The zero-order valence-corrected chi connectivity index (χ0v) is 27.4. The van der Waals surface area contributed by atoms with Gasteiger partial charge < -0.3 is 19.5 Å². The number of Topliss-reactive ketones (excluding diaryl/α,β-unsaturated/α-hetero) is 1. The van der Waals surface area contributed by atoms with Gasteiger partial charge in [0.05, 0.1) is 11.7 Å². The summed E-state index contributed by atoms with van der Waals surface area (Å²) in [6, 6.07) is 5.82. The van der Waals surface area contributed by atoms with E-state index in [0.717, 1.165) is 31.4 Å². The number of aromatic nitrogens is 2. The number of rotatable bonds is 5. The maximum Gasteiger partial charge on any atom is 0.252 e.